The second-order valence-electron chi connectivity index (χ2n) is 3.22. The molecule has 0 unspecified atom stereocenters. The fraction of sp³-hybridized carbons (Fsp3) is 0. The van der Waals surface area contributed by atoms with Crippen LogP contribution in [0.1, 0.15) is 5.69 Å². The highest BCUT2D eigenvalue weighted by atomic mass is 16.5. The molecule has 2 rings (SSSR count). The number of aromatic nitrogens is 2. The SMILES string of the molecule is N=C(N)c1c(N)[n+]([O-])c2ccccc2[n+]1[O-]. The van der Waals surface area contributed by atoms with Gasteiger partial charge in [0.2, 0.25) is 5.52 Å². The number of benzene rings is 1. The highest BCUT2D eigenvalue weighted by molar-refractivity contribution is 5.95. The number of nitrogens with two attached hydrogens (primary N) is 2. The van der Waals surface area contributed by atoms with Crippen molar-refractivity contribution in [1.29, 1.82) is 5.41 Å². The molecule has 0 amide bonds. The highest BCUT2D eigenvalue weighted by Gasteiger charge is 2.25. The van der Waals surface area contributed by atoms with Gasteiger partial charge in [-0.3, -0.25) is 11.1 Å². The van der Waals surface area contributed by atoms with Gasteiger partial charge < -0.3 is 16.1 Å². The fourth-order valence-corrected chi connectivity index (χ4v) is 1.51. The van der Waals surface area contributed by atoms with Gasteiger partial charge in [0, 0.05) is 6.07 Å². The van der Waals surface area contributed by atoms with Crippen molar-refractivity contribution in [3.8, 4) is 0 Å². The van der Waals surface area contributed by atoms with Gasteiger partial charge in [-0.05, 0) is 6.07 Å². The quantitative estimate of drug-likeness (QED) is 0.245. The largest absolute Gasteiger partial charge is 0.710 e. The van der Waals surface area contributed by atoms with Crippen molar-refractivity contribution in [1.82, 2.24) is 0 Å². The first kappa shape index (κ1) is 9.97. The molecular formula is C9H9N5O2. The number of rotatable bonds is 1. The van der Waals surface area contributed by atoms with Gasteiger partial charge in [-0.2, -0.15) is 4.73 Å². The van der Waals surface area contributed by atoms with Crippen LogP contribution >= 0.6 is 0 Å². The second kappa shape index (κ2) is 3.23. The second-order valence-corrected chi connectivity index (χ2v) is 3.22. The molecule has 0 spiro atoms. The summed E-state index contributed by atoms with van der Waals surface area (Å²) in [6.07, 6.45) is 0. The lowest BCUT2D eigenvalue weighted by atomic mass is 10.2. The maximum Gasteiger partial charge on any atom is 0.354 e. The van der Waals surface area contributed by atoms with Crippen LogP contribution in [0.4, 0.5) is 5.82 Å². The maximum absolute atomic E-state index is 11.8. The average molecular weight is 219 g/mol. The summed E-state index contributed by atoms with van der Waals surface area (Å²) in [5.41, 5.74) is 10.6. The highest BCUT2D eigenvalue weighted by Crippen LogP contribution is 2.09. The molecule has 7 nitrogen and oxygen atoms in total. The lowest BCUT2D eigenvalue weighted by molar-refractivity contribution is -0.619. The number of anilines is 1. The first-order valence-corrected chi connectivity index (χ1v) is 4.41. The first-order valence-electron chi connectivity index (χ1n) is 4.41. The van der Waals surface area contributed by atoms with Crippen LogP contribution in [0, 0.1) is 15.8 Å². The summed E-state index contributed by atoms with van der Waals surface area (Å²) >= 11 is 0. The molecule has 0 fully saturated rings. The fourth-order valence-electron chi connectivity index (χ4n) is 1.51. The van der Waals surface area contributed by atoms with Crippen molar-refractivity contribution in [3.05, 3.63) is 40.4 Å². The maximum atomic E-state index is 11.8. The van der Waals surface area contributed by atoms with Crippen molar-refractivity contribution in [3.63, 3.8) is 0 Å². The molecule has 1 aromatic carbocycles. The number of amidine groups is 1. The number of hydrogen-bond acceptors (Lipinski definition) is 4. The average Bonchev–Trinajstić information content (AvgIpc) is 2.26. The summed E-state index contributed by atoms with van der Waals surface area (Å²) in [4.78, 5) is 0. The first-order chi connectivity index (χ1) is 7.54. The van der Waals surface area contributed by atoms with Crippen molar-refractivity contribution in [2.75, 3.05) is 5.73 Å². The number of fused-ring (bicyclic) bond motifs is 1. The van der Waals surface area contributed by atoms with E-state index in [1.807, 2.05) is 0 Å². The lowest BCUT2D eigenvalue weighted by Gasteiger charge is -2.12. The molecule has 0 bridgehead atoms. The summed E-state index contributed by atoms with van der Waals surface area (Å²) in [5, 5.41) is 30.7. The Hall–Kier alpha value is -2.57. The summed E-state index contributed by atoms with van der Waals surface area (Å²) in [6, 6.07) is 6.15. The zero-order valence-corrected chi connectivity index (χ0v) is 8.18. The van der Waals surface area contributed by atoms with Gasteiger partial charge in [-0.15, -0.1) is 0 Å². The summed E-state index contributed by atoms with van der Waals surface area (Å²) < 4.78 is 0.780. The summed E-state index contributed by atoms with van der Waals surface area (Å²) in [6.45, 7) is 0. The van der Waals surface area contributed by atoms with Crippen LogP contribution in [0.15, 0.2) is 24.3 Å². The van der Waals surface area contributed by atoms with Gasteiger partial charge in [0.1, 0.15) is 0 Å². The van der Waals surface area contributed by atoms with Gasteiger partial charge >= 0.3 is 11.5 Å². The van der Waals surface area contributed by atoms with Gasteiger partial charge in [0.15, 0.2) is 5.84 Å². The molecule has 82 valence electrons. The number of para-hydroxylation sites is 2. The van der Waals surface area contributed by atoms with Gasteiger partial charge in [-0.25, -0.2) is 4.73 Å². The van der Waals surface area contributed by atoms with E-state index in [4.69, 9.17) is 16.9 Å². The molecule has 16 heavy (non-hydrogen) atoms. The van der Waals surface area contributed by atoms with E-state index < -0.39 is 5.84 Å². The van der Waals surface area contributed by atoms with E-state index in [2.05, 4.69) is 0 Å². The number of nitrogen functional groups attached to an aromatic ring is 2. The molecule has 0 atom stereocenters. The molecule has 0 aliphatic carbocycles. The lowest BCUT2D eigenvalue weighted by Crippen LogP contribution is -2.47. The molecule has 1 heterocycles. The third-order valence-corrected chi connectivity index (χ3v) is 2.24. The van der Waals surface area contributed by atoms with Crippen LogP contribution in [0.25, 0.3) is 11.0 Å². The Kier molecular flexibility index (Phi) is 2.01. The zero-order valence-electron chi connectivity index (χ0n) is 8.18. The minimum atomic E-state index is -0.539. The van der Waals surface area contributed by atoms with Crippen molar-refractivity contribution in [2.24, 2.45) is 5.73 Å². The normalized spacial score (nSPS) is 10.5. The molecule has 0 saturated carbocycles. The van der Waals surface area contributed by atoms with Crippen molar-refractivity contribution < 1.29 is 9.46 Å². The molecule has 7 heteroatoms. The van der Waals surface area contributed by atoms with Gasteiger partial charge in [0.05, 0.1) is 0 Å². The predicted molar refractivity (Wildman–Crippen MR) is 57.3 cm³/mol. The van der Waals surface area contributed by atoms with Crippen molar-refractivity contribution in [2.45, 2.75) is 0 Å². The van der Waals surface area contributed by atoms with Gasteiger partial charge in [0.25, 0.3) is 5.52 Å². The van der Waals surface area contributed by atoms with Gasteiger partial charge in [-0.1, -0.05) is 12.1 Å². The van der Waals surface area contributed by atoms with E-state index in [0.717, 1.165) is 0 Å². The van der Waals surface area contributed by atoms with E-state index in [9.17, 15) is 10.4 Å². The van der Waals surface area contributed by atoms with Crippen LogP contribution in [-0.4, -0.2) is 5.84 Å². The summed E-state index contributed by atoms with van der Waals surface area (Å²) in [5.74, 6) is -0.913. The minimum Gasteiger partial charge on any atom is -0.710 e. The number of nitrogens with zero attached hydrogens (tertiary/aromatic N) is 2. The van der Waals surface area contributed by atoms with E-state index in [1.54, 1.807) is 12.1 Å². The van der Waals surface area contributed by atoms with E-state index in [0.29, 0.717) is 9.46 Å². The third kappa shape index (κ3) is 1.18. The molecule has 1 aromatic heterocycles. The molecule has 0 radical (unpaired) electrons. The van der Waals surface area contributed by atoms with Crippen molar-refractivity contribution >= 4 is 22.7 Å². The number of nitrogens with one attached hydrogen (secondary N) is 1. The predicted octanol–water partition coefficient (Wildman–Crippen LogP) is -1.03. The Morgan fingerprint density at radius 3 is 2.12 bits per heavy atom. The Balaban J connectivity index is 3.00. The third-order valence-electron chi connectivity index (χ3n) is 2.24. The Morgan fingerprint density at radius 1 is 1.12 bits per heavy atom. The molecule has 5 N–H and O–H groups in total. The molecule has 0 saturated heterocycles. The van der Waals surface area contributed by atoms with Crippen LogP contribution in [0.3, 0.4) is 0 Å². The standard InChI is InChI=1S/C9H9N5O2/c10-8(11)7-9(12)14(16)6-4-2-1-3-5(6)13(7)15/h1-4H,12H2,(H3,10,11). The Labute approximate surface area is 90.2 Å². The summed E-state index contributed by atoms with van der Waals surface area (Å²) in [7, 11) is 0. The van der Waals surface area contributed by atoms with Crippen LogP contribution in [0.2, 0.25) is 0 Å². The molecule has 0 aliphatic rings. The molecule has 2 aromatic rings. The monoisotopic (exact) mass is 219 g/mol. The number of hydrogen-bond donors (Lipinski definition) is 3. The smallest absolute Gasteiger partial charge is 0.354 e. The topological polar surface area (TPSA) is 130 Å². The van der Waals surface area contributed by atoms with E-state index >= 15 is 0 Å². The molecule has 0 aliphatic heterocycles. The van der Waals surface area contributed by atoms with E-state index in [-0.39, 0.29) is 22.5 Å². The van der Waals surface area contributed by atoms with Crippen LogP contribution in [0.5, 0.6) is 0 Å². The van der Waals surface area contributed by atoms with E-state index in [1.165, 1.54) is 12.1 Å². The molecular weight excluding hydrogens is 210 g/mol. The van der Waals surface area contributed by atoms with Crippen LogP contribution < -0.4 is 20.9 Å². The van der Waals surface area contributed by atoms with Crippen LogP contribution in [-0.2, 0) is 0 Å². The minimum absolute atomic E-state index is 0.122. The Bertz CT molecular complexity index is 596. The Morgan fingerprint density at radius 2 is 1.62 bits per heavy atom. The zero-order chi connectivity index (χ0) is 11.9.